The molecule has 23 heavy (non-hydrogen) atoms. The maximum absolute atomic E-state index is 4.74. The number of H-pyrrole nitrogens is 1. The van der Waals surface area contributed by atoms with Gasteiger partial charge in [0, 0.05) is 30.9 Å². The summed E-state index contributed by atoms with van der Waals surface area (Å²) in [5, 5.41) is 4.55. The summed E-state index contributed by atoms with van der Waals surface area (Å²) in [4.78, 5) is 10.7. The van der Waals surface area contributed by atoms with Crippen LogP contribution in [-0.4, -0.2) is 30.7 Å². The SMILES string of the molecule is Cc1nn(C)c(C)c1CN(Cc1nc2ccccc2[nH]1)C1CC1. The Labute approximate surface area is 136 Å². The molecule has 1 N–H and O–H groups in total. The number of nitrogens with zero attached hydrogens (tertiary/aromatic N) is 4. The number of imidazole rings is 1. The summed E-state index contributed by atoms with van der Waals surface area (Å²) in [5.41, 5.74) is 5.92. The second-order valence-electron chi connectivity index (χ2n) is 6.61. The average molecular weight is 309 g/mol. The van der Waals surface area contributed by atoms with Crippen molar-refractivity contribution in [3.63, 3.8) is 0 Å². The number of aromatic nitrogens is 4. The highest BCUT2D eigenvalue weighted by atomic mass is 15.3. The molecule has 0 unspecified atom stereocenters. The van der Waals surface area contributed by atoms with Gasteiger partial charge in [0.05, 0.1) is 23.3 Å². The van der Waals surface area contributed by atoms with Gasteiger partial charge in [0.1, 0.15) is 5.82 Å². The maximum atomic E-state index is 4.74. The van der Waals surface area contributed by atoms with E-state index in [0.29, 0.717) is 6.04 Å². The van der Waals surface area contributed by atoms with Crippen molar-refractivity contribution < 1.29 is 0 Å². The van der Waals surface area contributed by atoms with Crippen LogP contribution in [0.5, 0.6) is 0 Å². The van der Waals surface area contributed by atoms with E-state index in [-0.39, 0.29) is 0 Å². The van der Waals surface area contributed by atoms with E-state index in [1.54, 1.807) is 0 Å². The topological polar surface area (TPSA) is 49.7 Å². The predicted octanol–water partition coefficient (Wildman–Crippen LogP) is 3.08. The van der Waals surface area contributed by atoms with Crippen molar-refractivity contribution in [3.05, 3.63) is 47.0 Å². The Morgan fingerprint density at radius 2 is 2.00 bits per heavy atom. The molecule has 1 fully saturated rings. The van der Waals surface area contributed by atoms with E-state index in [2.05, 4.69) is 41.0 Å². The number of benzene rings is 1. The number of hydrogen-bond acceptors (Lipinski definition) is 3. The molecular formula is C18H23N5. The molecule has 120 valence electrons. The van der Waals surface area contributed by atoms with Crippen LogP contribution in [0.1, 0.15) is 35.6 Å². The van der Waals surface area contributed by atoms with Crippen molar-refractivity contribution in [1.82, 2.24) is 24.6 Å². The molecular weight excluding hydrogens is 286 g/mol. The van der Waals surface area contributed by atoms with Crippen LogP contribution in [0.25, 0.3) is 11.0 Å². The Morgan fingerprint density at radius 1 is 1.22 bits per heavy atom. The standard InChI is InChI=1S/C18H23N5/c1-12-15(13(2)22(3)21-12)10-23(14-8-9-14)11-18-19-16-6-4-5-7-17(16)20-18/h4-7,14H,8-11H2,1-3H3,(H,19,20). The molecule has 1 aliphatic rings. The number of rotatable bonds is 5. The van der Waals surface area contributed by atoms with E-state index in [0.717, 1.165) is 35.6 Å². The minimum Gasteiger partial charge on any atom is -0.341 e. The molecule has 0 saturated heterocycles. The van der Waals surface area contributed by atoms with Gasteiger partial charge in [-0.15, -0.1) is 0 Å². The fraction of sp³-hybridized carbons (Fsp3) is 0.444. The van der Waals surface area contributed by atoms with E-state index >= 15 is 0 Å². The molecule has 0 spiro atoms. The Morgan fingerprint density at radius 3 is 2.65 bits per heavy atom. The summed E-state index contributed by atoms with van der Waals surface area (Å²) in [6.45, 7) is 6.08. The lowest BCUT2D eigenvalue weighted by molar-refractivity contribution is 0.239. The van der Waals surface area contributed by atoms with Gasteiger partial charge in [0.25, 0.3) is 0 Å². The third-order valence-corrected chi connectivity index (χ3v) is 4.87. The summed E-state index contributed by atoms with van der Waals surface area (Å²) in [5.74, 6) is 1.05. The second kappa shape index (κ2) is 5.49. The molecule has 0 aliphatic heterocycles. The first kappa shape index (κ1) is 14.5. The van der Waals surface area contributed by atoms with Crippen LogP contribution in [0.15, 0.2) is 24.3 Å². The van der Waals surface area contributed by atoms with Crippen LogP contribution in [0, 0.1) is 13.8 Å². The van der Waals surface area contributed by atoms with Crippen molar-refractivity contribution in [2.75, 3.05) is 0 Å². The monoisotopic (exact) mass is 309 g/mol. The van der Waals surface area contributed by atoms with E-state index in [1.165, 1.54) is 24.1 Å². The molecule has 1 saturated carbocycles. The normalized spacial score (nSPS) is 15.0. The molecule has 5 heteroatoms. The van der Waals surface area contributed by atoms with Gasteiger partial charge in [-0.1, -0.05) is 12.1 Å². The molecule has 4 rings (SSSR count). The quantitative estimate of drug-likeness (QED) is 0.788. The number of para-hydroxylation sites is 2. The van der Waals surface area contributed by atoms with Gasteiger partial charge in [-0.05, 0) is 38.8 Å². The third kappa shape index (κ3) is 2.77. The molecule has 2 aromatic heterocycles. The maximum Gasteiger partial charge on any atom is 0.121 e. The van der Waals surface area contributed by atoms with Gasteiger partial charge < -0.3 is 4.98 Å². The molecule has 1 aromatic carbocycles. The summed E-state index contributed by atoms with van der Waals surface area (Å²) >= 11 is 0. The Balaban J connectivity index is 1.58. The van der Waals surface area contributed by atoms with Gasteiger partial charge in [-0.2, -0.15) is 5.10 Å². The summed E-state index contributed by atoms with van der Waals surface area (Å²) in [7, 11) is 2.02. The van der Waals surface area contributed by atoms with Crippen LogP contribution in [-0.2, 0) is 20.1 Å². The zero-order valence-electron chi connectivity index (χ0n) is 14.0. The Kier molecular flexibility index (Phi) is 3.45. The van der Waals surface area contributed by atoms with Crippen LogP contribution in [0.4, 0.5) is 0 Å². The third-order valence-electron chi connectivity index (χ3n) is 4.87. The fourth-order valence-electron chi connectivity index (χ4n) is 3.28. The highest BCUT2D eigenvalue weighted by Gasteiger charge is 2.30. The van der Waals surface area contributed by atoms with Gasteiger partial charge in [-0.3, -0.25) is 9.58 Å². The van der Waals surface area contributed by atoms with Crippen LogP contribution in [0.2, 0.25) is 0 Å². The van der Waals surface area contributed by atoms with Crippen molar-refractivity contribution in [3.8, 4) is 0 Å². The molecule has 5 nitrogen and oxygen atoms in total. The fourth-order valence-corrected chi connectivity index (χ4v) is 3.28. The van der Waals surface area contributed by atoms with Crippen molar-refractivity contribution in [2.45, 2.75) is 45.8 Å². The predicted molar refractivity (Wildman–Crippen MR) is 91.0 cm³/mol. The number of aromatic amines is 1. The lowest BCUT2D eigenvalue weighted by atomic mass is 10.2. The molecule has 0 amide bonds. The van der Waals surface area contributed by atoms with Crippen LogP contribution >= 0.6 is 0 Å². The summed E-state index contributed by atoms with van der Waals surface area (Å²) in [6.07, 6.45) is 2.58. The molecule has 3 aromatic rings. The lowest BCUT2D eigenvalue weighted by Crippen LogP contribution is -2.26. The minimum atomic E-state index is 0.683. The van der Waals surface area contributed by atoms with Gasteiger partial charge in [0.2, 0.25) is 0 Å². The number of aryl methyl sites for hydroxylation is 2. The number of hydrogen-bond donors (Lipinski definition) is 1. The van der Waals surface area contributed by atoms with Gasteiger partial charge in [-0.25, -0.2) is 4.98 Å². The van der Waals surface area contributed by atoms with Crippen molar-refractivity contribution in [1.29, 1.82) is 0 Å². The molecule has 0 bridgehead atoms. The molecule has 2 heterocycles. The molecule has 0 radical (unpaired) electrons. The van der Waals surface area contributed by atoms with E-state index in [1.807, 2.05) is 23.9 Å². The highest BCUT2D eigenvalue weighted by molar-refractivity contribution is 5.74. The average Bonchev–Trinajstić information content (AvgIpc) is 3.25. The number of nitrogens with one attached hydrogen (secondary N) is 1. The first-order chi connectivity index (χ1) is 11.1. The zero-order valence-corrected chi connectivity index (χ0v) is 14.0. The second-order valence-corrected chi connectivity index (χ2v) is 6.61. The molecule has 0 atom stereocenters. The summed E-state index contributed by atoms with van der Waals surface area (Å²) in [6, 6.07) is 8.91. The lowest BCUT2D eigenvalue weighted by Gasteiger charge is -2.21. The van der Waals surface area contributed by atoms with Gasteiger partial charge in [0.15, 0.2) is 0 Å². The smallest absolute Gasteiger partial charge is 0.121 e. The first-order valence-electron chi connectivity index (χ1n) is 8.28. The highest BCUT2D eigenvalue weighted by Crippen LogP contribution is 2.30. The van der Waals surface area contributed by atoms with Crippen LogP contribution < -0.4 is 0 Å². The van der Waals surface area contributed by atoms with E-state index < -0.39 is 0 Å². The van der Waals surface area contributed by atoms with Crippen molar-refractivity contribution >= 4 is 11.0 Å². The van der Waals surface area contributed by atoms with Crippen LogP contribution in [0.3, 0.4) is 0 Å². The minimum absolute atomic E-state index is 0.683. The van der Waals surface area contributed by atoms with Crippen molar-refractivity contribution in [2.24, 2.45) is 7.05 Å². The van der Waals surface area contributed by atoms with E-state index in [4.69, 9.17) is 4.98 Å². The largest absolute Gasteiger partial charge is 0.341 e. The first-order valence-corrected chi connectivity index (χ1v) is 8.28. The van der Waals surface area contributed by atoms with Gasteiger partial charge >= 0.3 is 0 Å². The molecule has 1 aliphatic carbocycles. The number of fused-ring (bicyclic) bond motifs is 1. The Hall–Kier alpha value is -2.14. The zero-order chi connectivity index (χ0) is 16.0. The Bertz CT molecular complexity index is 807. The summed E-state index contributed by atoms with van der Waals surface area (Å²) < 4.78 is 1.98. The van der Waals surface area contributed by atoms with E-state index in [9.17, 15) is 0 Å².